The van der Waals surface area contributed by atoms with Crippen molar-refractivity contribution in [2.45, 2.75) is 6.18 Å². The Morgan fingerprint density at radius 1 is 1.10 bits per heavy atom. The number of amides is 1. The van der Waals surface area contributed by atoms with Crippen molar-refractivity contribution in [1.82, 2.24) is 0 Å². The van der Waals surface area contributed by atoms with Gasteiger partial charge in [-0.05, 0) is 24.3 Å². The van der Waals surface area contributed by atoms with E-state index in [1.807, 2.05) is 0 Å². The second kappa shape index (κ2) is 6.00. The molecule has 0 aliphatic carbocycles. The molecule has 0 aliphatic heterocycles. The van der Waals surface area contributed by atoms with Gasteiger partial charge in [0, 0.05) is 0 Å². The highest BCUT2D eigenvalue weighted by Gasteiger charge is 2.33. The topological polar surface area (TPSA) is 86.3 Å². The lowest BCUT2D eigenvalue weighted by Gasteiger charge is -2.12. The first kappa shape index (κ1) is 15.4. The third-order valence-corrected chi connectivity index (χ3v) is 2.08. The zero-order valence-electron chi connectivity index (χ0n) is 9.73. The molecule has 8 heteroatoms. The summed E-state index contributed by atoms with van der Waals surface area (Å²) in [6.45, 7) is 0. The molecule has 0 saturated heterocycles. The lowest BCUT2D eigenvalue weighted by Crippen LogP contribution is -2.24. The van der Waals surface area contributed by atoms with E-state index in [1.165, 1.54) is 6.07 Å². The quantitative estimate of drug-likeness (QED) is 0.645. The molecular weight excluding hydrogens is 279 g/mol. The number of halogens is 3. The third kappa shape index (κ3) is 4.23. The van der Waals surface area contributed by atoms with Gasteiger partial charge in [-0.2, -0.15) is 13.2 Å². The molecule has 0 saturated carbocycles. The smallest absolute Gasteiger partial charge is 0.418 e. The van der Waals surface area contributed by atoms with E-state index in [2.05, 4.69) is 0 Å². The number of anilines is 1. The molecule has 0 fully saturated rings. The molecule has 5 nitrogen and oxygen atoms in total. The van der Waals surface area contributed by atoms with Crippen LogP contribution in [0.4, 0.5) is 18.9 Å². The predicted molar refractivity (Wildman–Crippen MR) is 59.2 cm³/mol. The van der Waals surface area contributed by atoms with Gasteiger partial charge in [-0.3, -0.25) is 9.59 Å². The largest absolute Gasteiger partial charge is 0.545 e. The summed E-state index contributed by atoms with van der Waals surface area (Å²) >= 11 is 0. The van der Waals surface area contributed by atoms with E-state index >= 15 is 0 Å². The van der Waals surface area contributed by atoms with Crippen molar-refractivity contribution in [3.05, 3.63) is 42.0 Å². The van der Waals surface area contributed by atoms with Crippen LogP contribution in [0.5, 0.6) is 0 Å². The number of hydrogen-bond acceptors (Lipinski definition) is 4. The van der Waals surface area contributed by atoms with Gasteiger partial charge >= 0.3 is 6.18 Å². The number of carbonyl (C=O) groups is 3. The molecule has 0 spiro atoms. The van der Waals surface area contributed by atoms with Crippen molar-refractivity contribution >= 4 is 23.3 Å². The Morgan fingerprint density at radius 3 is 2.25 bits per heavy atom. The van der Waals surface area contributed by atoms with Gasteiger partial charge in [0.05, 0.1) is 17.2 Å². The zero-order valence-corrected chi connectivity index (χ0v) is 9.73. The molecule has 1 amide bonds. The zero-order chi connectivity index (χ0) is 15.3. The normalized spacial score (nSPS) is 11.3. The minimum absolute atomic E-state index is 0.303. The summed E-state index contributed by atoms with van der Waals surface area (Å²) < 4.78 is 37.9. The van der Waals surface area contributed by atoms with Crippen LogP contribution in [-0.2, 0) is 20.6 Å². The Balaban J connectivity index is 2.92. The van der Waals surface area contributed by atoms with Crippen LogP contribution >= 0.6 is 0 Å². The molecule has 0 atom stereocenters. The third-order valence-electron chi connectivity index (χ3n) is 2.08. The minimum atomic E-state index is -4.70. The number of nitrogens with one attached hydrogen (secondary N) is 1. The monoisotopic (exact) mass is 286 g/mol. The van der Waals surface area contributed by atoms with Crippen LogP contribution in [0.3, 0.4) is 0 Å². The SMILES string of the molecule is O=C([O-])/C=C/C(=O)C(=O)Nc1ccccc1C(F)(F)F. The number of carboxylic acids is 1. The maximum atomic E-state index is 12.6. The molecule has 0 radical (unpaired) electrons. The lowest BCUT2D eigenvalue weighted by molar-refractivity contribution is -0.297. The molecule has 106 valence electrons. The summed E-state index contributed by atoms with van der Waals surface area (Å²) in [5, 5.41) is 11.8. The molecule has 0 aliphatic rings. The fourth-order valence-corrected chi connectivity index (χ4v) is 1.24. The fourth-order valence-electron chi connectivity index (χ4n) is 1.24. The lowest BCUT2D eigenvalue weighted by atomic mass is 10.1. The van der Waals surface area contributed by atoms with Gasteiger partial charge in [-0.25, -0.2) is 0 Å². The van der Waals surface area contributed by atoms with Crippen molar-refractivity contribution in [3.8, 4) is 0 Å². The van der Waals surface area contributed by atoms with Crippen LogP contribution < -0.4 is 10.4 Å². The van der Waals surface area contributed by atoms with Crippen molar-refractivity contribution < 1.29 is 32.7 Å². The van der Waals surface area contributed by atoms with Gasteiger partial charge in [0.2, 0.25) is 5.78 Å². The number of benzene rings is 1. The maximum Gasteiger partial charge on any atom is 0.418 e. The average molecular weight is 286 g/mol. The summed E-state index contributed by atoms with van der Waals surface area (Å²) in [6.07, 6.45) is -4.01. The van der Waals surface area contributed by atoms with Gasteiger partial charge in [0.1, 0.15) is 0 Å². The second-order valence-corrected chi connectivity index (χ2v) is 3.51. The number of hydrogen-bond donors (Lipinski definition) is 1. The number of para-hydroxylation sites is 1. The van der Waals surface area contributed by atoms with Crippen LogP contribution in [0.2, 0.25) is 0 Å². The highest BCUT2D eigenvalue weighted by molar-refractivity contribution is 6.45. The van der Waals surface area contributed by atoms with E-state index in [1.54, 1.807) is 5.32 Å². The molecule has 1 aromatic rings. The number of aliphatic carboxylic acids is 1. The van der Waals surface area contributed by atoms with Crippen LogP contribution in [0, 0.1) is 0 Å². The summed E-state index contributed by atoms with van der Waals surface area (Å²) in [5.74, 6) is -4.41. The van der Waals surface area contributed by atoms with Crippen molar-refractivity contribution in [1.29, 1.82) is 0 Å². The van der Waals surface area contributed by atoms with Crippen molar-refractivity contribution in [2.24, 2.45) is 0 Å². The Kier molecular flexibility index (Phi) is 4.63. The summed E-state index contributed by atoms with van der Waals surface area (Å²) in [4.78, 5) is 32.5. The van der Waals surface area contributed by atoms with E-state index in [9.17, 15) is 32.7 Å². The first-order valence-corrected chi connectivity index (χ1v) is 5.12. The van der Waals surface area contributed by atoms with E-state index in [-0.39, 0.29) is 0 Å². The van der Waals surface area contributed by atoms with Gasteiger partial charge in [-0.15, -0.1) is 0 Å². The first-order valence-electron chi connectivity index (χ1n) is 5.12. The van der Waals surface area contributed by atoms with Gasteiger partial charge in [-0.1, -0.05) is 12.1 Å². The number of rotatable bonds is 4. The standard InChI is InChI=1S/C12H8F3NO4/c13-12(14,15)7-3-1-2-4-8(7)16-11(20)9(17)5-6-10(18)19/h1-6H,(H,16,20)(H,18,19)/p-1/b6-5+. The van der Waals surface area contributed by atoms with Crippen LogP contribution in [-0.4, -0.2) is 17.7 Å². The molecule has 1 aromatic carbocycles. The maximum absolute atomic E-state index is 12.6. The number of carbonyl (C=O) groups excluding carboxylic acids is 3. The summed E-state index contributed by atoms with van der Waals surface area (Å²) in [7, 11) is 0. The molecule has 0 heterocycles. The predicted octanol–water partition coefficient (Wildman–Crippen LogP) is 0.519. The van der Waals surface area contributed by atoms with E-state index in [4.69, 9.17) is 0 Å². The van der Waals surface area contributed by atoms with Gasteiger partial charge in [0.25, 0.3) is 5.91 Å². The average Bonchev–Trinajstić information content (AvgIpc) is 2.35. The van der Waals surface area contributed by atoms with Crippen molar-refractivity contribution in [2.75, 3.05) is 5.32 Å². The summed E-state index contributed by atoms with van der Waals surface area (Å²) in [5.41, 5.74) is -1.72. The molecule has 0 aromatic heterocycles. The number of carboxylic acid groups (broad SMARTS) is 1. The number of ketones is 1. The van der Waals surface area contributed by atoms with Gasteiger partial charge in [0.15, 0.2) is 0 Å². The Morgan fingerprint density at radius 2 is 1.70 bits per heavy atom. The molecule has 1 rings (SSSR count). The Labute approximate surface area is 110 Å². The molecule has 20 heavy (non-hydrogen) atoms. The Hall–Kier alpha value is -2.64. The van der Waals surface area contributed by atoms with Crippen LogP contribution in [0.25, 0.3) is 0 Å². The van der Waals surface area contributed by atoms with E-state index in [0.29, 0.717) is 12.2 Å². The molecular formula is C12H7F3NO4-. The first-order chi connectivity index (χ1) is 9.21. The number of alkyl halides is 3. The van der Waals surface area contributed by atoms with Gasteiger partial charge < -0.3 is 15.2 Å². The van der Waals surface area contributed by atoms with Crippen LogP contribution in [0.15, 0.2) is 36.4 Å². The van der Waals surface area contributed by atoms with Crippen LogP contribution in [0.1, 0.15) is 5.56 Å². The van der Waals surface area contributed by atoms with Crippen molar-refractivity contribution in [3.63, 3.8) is 0 Å². The molecule has 0 bridgehead atoms. The minimum Gasteiger partial charge on any atom is -0.545 e. The summed E-state index contributed by atoms with van der Waals surface area (Å²) in [6, 6.07) is 4.07. The fraction of sp³-hybridized carbons (Fsp3) is 0.0833. The highest BCUT2D eigenvalue weighted by atomic mass is 19.4. The second-order valence-electron chi connectivity index (χ2n) is 3.51. The Bertz CT molecular complexity index is 578. The highest BCUT2D eigenvalue weighted by Crippen LogP contribution is 2.34. The van der Waals surface area contributed by atoms with E-state index in [0.717, 1.165) is 18.2 Å². The van der Waals surface area contributed by atoms with E-state index < -0.39 is 35.1 Å². The molecule has 1 N–H and O–H groups in total. The molecule has 0 unspecified atom stereocenters.